The van der Waals surface area contributed by atoms with Crippen LogP contribution in [-0.2, 0) is 11.2 Å². The van der Waals surface area contributed by atoms with Crippen molar-refractivity contribution in [2.24, 2.45) is 0 Å². The Balaban J connectivity index is 0.00000392. The van der Waals surface area contributed by atoms with Crippen LogP contribution in [0, 0.1) is 0 Å². The number of rotatable bonds is 11. The van der Waals surface area contributed by atoms with Crippen molar-refractivity contribution in [2.45, 2.75) is 19.8 Å². The predicted molar refractivity (Wildman–Crippen MR) is 114 cm³/mol. The van der Waals surface area contributed by atoms with E-state index in [1.165, 1.54) is 12.5 Å². The van der Waals surface area contributed by atoms with Gasteiger partial charge in [0.25, 0.3) is 0 Å². The Kier molecular flexibility index (Phi) is 10.8. The van der Waals surface area contributed by atoms with Gasteiger partial charge in [-0.15, -0.1) is 12.4 Å². The van der Waals surface area contributed by atoms with Gasteiger partial charge in [-0.25, -0.2) is 0 Å². The number of benzene rings is 2. The highest BCUT2D eigenvalue weighted by molar-refractivity contribution is 5.88. The molecular formula is C21H29ClN2O4. The molecule has 6 nitrogen and oxygen atoms in total. The molecule has 2 aromatic carbocycles. The highest BCUT2D eigenvalue weighted by atomic mass is 35.5. The van der Waals surface area contributed by atoms with Gasteiger partial charge < -0.3 is 24.8 Å². The summed E-state index contributed by atoms with van der Waals surface area (Å²) in [6.07, 6.45) is 1.84. The van der Waals surface area contributed by atoms with E-state index in [1.54, 1.807) is 14.2 Å². The first-order valence-corrected chi connectivity index (χ1v) is 9.04. The minimum absolute atomic E-state index is 0. The monoisotopic (exact) mass is 408 g/mol. The molecule has 1 amide bonds. The van der Waals surface area contributed by atoms with Crippen LogP contribution in [0.25, 0.3) is 0 Å². The van der Waals surface area contributed by atoms with E-state index in [9.17, 15) is 4.79 Å². The molecule has 0 aliphatic carbocycles. The maximum Gasteiger partial charge on any atom is 0.221 e. The van der Waals surface area contributed by atoms with Crippen LogP contribution in [0.1, 0.15) is 18.9 Å². The highest BCUT2D eigenvalue weighted by Gasteiger charge is 2.04. The van der Waals surface area contributed by atoms with Crippen molar-refractivity contribution >= 4 is 24.0 Å². The SMILES string of the molecule is COc1ccc(CCNCCCOc2ccc(NC(C)=O)cc2)cc1OC.Cl. The van der Waals surface area contributed by atoms with Crippen LogP contribution in [0.4, 0.5) is 5.69 Å². The number of anilines is 1. The van der Waals surface area contributed by atoms with E-state index < -0.39 is 0 Å². The number of carbonyl (C=O) groups excluding carboxylic acids is 1. The van der Waals surface area contributed by atoms with Crippen LogP contribution in [0.15, 0.2) is 42.5 Å². The molecule has 7 heteroatoms. The minimum atomic E-state index is -0.0807. The first kappa shape index (κ1) is 23.6. The molecule has 2 N–H and O–H groups in total. The number of halogens is 1. The van der Waals surface area contributed by atoms with Crippen molar-refractivity contribution in [2.75, 3.05) is 39.2 Å². The summed E-state index contributed by atoms with van der Waals surface area (Å²) in [5.74, 6) is 2.22. The smallest absolute Gasteiger partial charge is 0.221 e. The quantitative estimate of drug-likeness (QED) is 0.555. The molecule has 0 heterocycles. The minimum Gasteiger partial charge on any atom is -0.494 e. The zero-order valence-corrected chi connectivity index (χ0v) is 17.4. The summed E-state index contributed by atoms with van der Waals surface area (Å²) in [5.41, 5.74) is 1.97. The molecule has 2 aromatic rings. The molecule has 0 saturated heterocycles. The lowest BCUT2D eigenvalue weighted by atomic mass is 10.1. The Morgan fingerprint density at radius 2 is 1.68 bits per heavy atom. The fourth-order valence-corrected chi connectivity index (χ4v) is 2.62. The second kappa shape index (κ2) is 12.9. The first-order chi connectivity index (χ1) is 13.1. The van der Waals surface area contributed by atoms with E-state index in [4.69, 9.17) is 14.2 Å². The molecule has 0 radical (unpaired) electrons. The Hall–Kier alpha value is -2.44. The number of methoxy groups -OCH3 is 2. The molecule has 0 aliphatic rings. The van der Waals surface area contributed by atoms with Gasteiger partial charge in [-0.1, -0.05) is 6.07 Å². The Bertz CT molecular complexity index is 723. The van der Waals surface area contributed by atoms with E-state index in [-0.39, 0.29) is 18.3 Å². The average Bonchev–Trinajstić information content (AvgIpc) is 2.67. The Morgan fingerprint density at radius 1 is 0.964 bits per heavy atom. The fraction of sp³-hybridized carbons (Fsp3) is 0.381. The third-order valence-corrected chi connectivity index (χ3v) is 3.98. The standard InChI is InChI=1S/C21H28N2O4.ClH/c1-16(24)23-18-6-8-19(9-7-18)27-14-4-12-22-13-11-17-5-10-20(25-2)21(15-17)26-3;/h5-10,15,22H,4,11-14H2,1-3H3,(H,23,24);1H. The highest BCUT2D eigenvalue weighted by Crippen LogP contribution is 2.27. The zero-order chi connectivity index (χ0) is 19.5. The lowest BCUT2D eigenvalue weighted by Gasteiger charge is -2.10. The third kappa shape index (κ3) is 8.06. The van der Waals surface area contributed by atoms with Crippen LogP contribution in [0.5, 0.6) is 17.2 Å². The van der Waals surface area contributed by atoms with E-state index in [2.05, 4.69) is 16.7 Å². The van der Waals surface area contributed by atoms with Crippen LogP contribution in [0.3, 0.4) is 0 Å². The summed E-state index contributed by atoms with van der Waals surface area (Å²) in [4.78, 5) is 11.0. The molecule has 28 heavy (non-hydrogen) atoms. The molecule has 0 unspecified atom stereocenters. The summed E-state index contributed by atoms with van der Waals surface area (Å²) in [7, 11) is 3.28. The van der Waals surface area contributed by atoms with E-state index in [1.807, 2.05) is 36.4 Å². The maximum atomic E-state index is 11.0. The molecule has 0 aromatic heterocycles. The molecule has 0 fully saturated rings. The second-order valence-electron chi connectivity index (χ2n) is 6.10. The van der Waals surface area contributed by atoms with Crippen molar-refractivity contribution in [1.29, 1.82) is 0 Å². The molecule has 0 saturated carbocycles. The largest absolute Gasteiger partial charge is 0.494 e. The van der Waals surface area contributed by atoms with E-state index in [0.717, 1.165) is 48.9 Å². The van der Waals surface area contributed by atoms with Crippen LogP contribution < -0.4 is 24.8 Å². The van der Waals surface area contributed by atoms with Gasteiger partial charge in [0.1, 0.15) is 5.75 Å². The fourth-order valence-electron chi connectivity index (χ4n) is 2.62. The molecule has 0 aliphatic heterocycles. The molecule has 0 atom stereocenters. The van der Waals surface area contributed by atoms with Gasteiger partial charge in [0.2, 0.25) is 5.91 Å². The van der Waals surface area contributed by atoms with Gasteiger partial charge in [-0.2, -0.15) is 0 Å². The topological polar surface area (TPSA) is 68.8 Å². The normalized spacial score (nSPS) is 9.96. The average molecular weight is 409 g/mol. The lowest BCUT2D eigenvalue weighted by molar-refractivity contribution is -0.114. The lowest BCUT2D eigenvalue weighted by Crippen LogP contribution is -2.20. The van der Waals surface area contributed by atoms with Gasteiger partial charge in [0.05, 0.1) is 20.8 Å². The van der Waals surface area contributed by atoms with Gasteiger partial charge in [-0.3, -0.25) is 4.79 Å². The zero-order valence-electron chi connectivity index (χ0n) is 16.6. The van der Waals surface area contributed by atoms with Crippen molar-refractivity contribution in [1.82, 2.24) is 5.32 Å². The van der Waals surface area contributed by atoms with Crippen molar-refractivity contribution in [3.63, 3.8) is 0 Å². The summed E-state index contributed by atoms with van der Waals surface area (Å²) < 4.78 is 16.3. The van der Waals surface area contributed by atoms with E-state index >= 15 is 0 Å². The first-order valence-electron chi connectivity index (χ1n) is 9.04. The number of hydrogen-bond acceptors (Lipinski definition) is 5. The van der Waals surface area contributed by atoms with Crippen molar-refractivity contribution in [3.8, 4) is 17.2 Å². The number of hydrogen-bond donors (Lipinski definition) is 2. The molecule has 0 spiro atoms. The summed E-state index contributed by atoms with van der Waals surface area (Å²) in [5, 5.41) is 6.15. The number of nitrogens with one attached hydrogen (secondary N) is 2. The second-order valence-corrected chi connectivity index (χ2v) is 6.10. The Labute approximate surface area is 173 Å². The van der Waals surface area contributed by atoms with Crippen LogP contribution in [-0.4, -0.2) is 39.8 Å². The molecule has 154 valence electrons. The molecule has 2 rings (SSSR count). The molecule has 0 bridgehead atoms. The number of carbonyl (C=O) groups is 1. The van der Waals surface area contributed by atoms with Crippen LogP contribution >= 0.6 is 12.4 Å². The van der Waals surface area contributed by atoms with Gasteiger partial charge >= 0.3 is 0 Å². The third-order valence-electron chi connectivity index (χ3n) is 3.98. The Morgan fingerprint density at radius 3 is 2.32 bits per heavy atom. The summed E-state index contributed by atoms with van der Waals surface area (Å²) in [6, 6.07) is 13.4. The number of ether oxygens (including phenoxy) is 3. The predicted octanol–water partition coefficient (Wildman–Crippen LogP) is 3.69. The van der Waals surface area contributed by atoms with Gasteiger partial charge in [0.15, 0.2) is 11.5 Å². The summed E-state index contributed by atoms with van der Waals surface area (Å²) in [6.45, 7) is 3.91. The van der Waals surface area contributed by atoms with Crippen molar-refractivity contribution < 1.29 is 19.0 Å². The number of amides is 1. The maximum absolute atomic E-state index is 11.0. The summed E-state index contributed by atoms with van der Waals surface area (Å²) >= 11 is 0. The van der Waals surface area contributed by atoms with Gasteiger partial charge in [0, 0.05) is 12.6 Å². The van der Waals surface area contributed by atoms with Gasteiger partial charge in [-0.05, 0) is 67.9 Å². The van der Waals surface area contributed by atoms with E-state index in [0.29, 0.717) is 6.61 Å². The van der Waals surface area contributed by atoms with Crippen LogP contribution in [0.2, 0.25) is 0 Å². The van der Waals surface area contributed by atoms with Crippen molar-refractivity contribution in [3.05, 3.63) is 48.0 Å². The molecular weight excluding hydrogens is 380 g/mol.